The molecule has 0 spiro atoms. The van der Waals surface area contributed by atoms with Crippen molar-refractivity contribution in [2.45, 2.75) is 18.4 Å². The van der Waals surface area contributed by atoms with Gasteiger partial charge in [0.25, 0.3) is 0 Å². The van der Waals surface area contributed by atoms with Crippen molar-refractivity contribution < 1.29 is 21.6 Å². The number of hydrogen-bond acceptors (Lipinski definition) is 3. The van der Waals surface area contributed by atoms with Gasteiger partial charge in [-0.25, -0.2) is 26.7 Å². The van der Waals surface area contributed by atoms with Crippen LogP contribution in [0.15, 0.2) is 35.2 Å². The Morgan fingerprint density at radius 2 is 1.64 bits per heavy atom. The Kier molecular flexibility index (Phi) is 4.43. The zero-order valence-corrected chi connectivity index (χ0v) is 12.3. The predicted octanol–water partition coefficient (Wildman–Crippen LogP) is 2.67. The highest BCUT2D eigenvalue weighted by molar-refractivity contribution is 7.89. The van der Waals surface area contributed by atoms with E-state index in [1.54, 1.807) is 30.3 Å². The summed E-state index contributed by atoms with van der Waals surface area (Å²) in [5, 5.41) is 7.35. The molecule has 8 heteroatoms. The summed E-state index contributed by atoms with van der Waals surface area (Å²) in [6.07, 6.45) is 0. The van der Waals surface area contributed by atoms with Crippen molar-refractivity contribution in [2.24, 2.45) is 5.14 Å². The van der Waals surface area contributed by atoms with Crippen LogP contribution in [0.4, 0.5) is 18.9 Å². The molecular formula is C14H13F3N2O2S. The zero-order valence-electron chi connectivity index (χ0n) is 11.5. The lowest BCUT2D eigenvalue weighted by Gasteiger charge is -2.15. The van der Waals surface area contributed by atoms with Crippen molar-refractivity contribution in [1.82, 2.24) is 0 Å². The average Bonchev–Trinajstić information content (AvgIpc) is 2.47. The second-order valence-corrected chi connectivity index (χ2v) is 6.15. The molecule has 0 bridgehead atoms. The normalized spacial score (nSPS) is 11.5. The van der Waals surface area contributed by atoms with Crippen LogP contribution in [0.5, 0.6) is 0 Å². The first-order valence-corrected chi connectivity index (χ1v) is 7.75. The van der Waals surface area contributed by atoms with E-state index in [-0.39, 0.29) is 6.54 Å². The number of nitrogens with two attached hydrogens (primary N) is 1. The van der Waals surface area contributed by atoms with Crippen LogP contribution in [-0.4, -0.2) is 8.42 Å². The molecule has 0 heterocycles. The van der Waals surface area contributed by atoms with Gasteiger partial charge in [0.1, 0.15) is 4.90 Å². The van der Waals surface area contributed by atoms with E-state index in [0.29, 0.717) is 5.56 Å². The van der Waals surface area contributed by atoms with E-state index in [9.17, 15) is 21.6 Å². The molecule has 0 saturated heterocycles. The molecular weight excluding hydrogens is 317 g/mol. The lowest BCUT2D eigenvalue weighted by Crippen LogP contribution is -2.20. The first-order valence-electron chi connectivity index (χ1n) is 6.21. The zero-order chi connectivity index (χ0) is 16.5. The van der Waals surface area contributed by atoms with E-state index in [4.69, 9.17) is 5.14 Å². The minimum Gasteiger partial charge on any atom is -0.377 e. The smallest absolute Gasteiger partial charge is 0.243 e. The van der Waals surface area contributed by atoms with Crippen LogP contribution in [0.25, 0.3) is 0 Å². The van der Waals surface area contributed by atoms with Crippen LogP contribution >= 0.6 is 0 Å². The summed E-state index contributed by atoms with van der Waals surface area (Å²) in [7, 11) is -4.65. The monoisotopic (exact) mass is 330 g/mol. The summed E-state index contributed by atoms with van der Waals surface area (Å²) in [4.78, 5) is -1.22. The van der Waals surface area contributed by atoms with Crippen molar-refractivity contribution in [1.29, 1.82) is 0 Å². The topological polar surface area (TPSA) is 72.2 Å². The molecule has 0 aliphatic carbocycles. The lowest BCUT2D eigenvalue weighted by molar-refractivity contribution is 0.465. The number of halogens is 3. The van der Waals surface area contributed by atoms with Crippen molar-refractivity contribution in [2.75, 3.05) is 5.32 Å². The molecule has 0 amide bonds. The highest BCUT2D eigenvalue weighted by atomic mass is 32.2. The van der Waals surface area contributed by atoms with Gasteiger partial charge in [-0.3, -0.25) is 0 Å². The highest BCUT2D eigenvalue weighted by Gasteiger charge is 2.29. The highest BCUT2D eigenvalue weighted by Crippen LogP contribution is 2.32. The Morgan fingerprint density at radius 3 is 2.18 bits per heavy atom. The first kappa shape index (κ1) is 16.3. The minimum absolute atomic E-state index is 0.0186. The number of benzene rings is 2. The Morgan fingerprint density at radius 1 is 1.05 bits per heavy atom. The third kappa shape index (κ3) is 3.07. The Labute approximate surface area is 125 Å². The summed E-state index contributed by atoms with van der Waals surface area (Å²) in [6, 6.07) is 8.62. The first-order chi connectivity index (χ1) is 10.2. The van der Waals surface area contributed by atoms with E-state index in [1.807, 2.05) is 0 Å². The Bertz CT molecular complexity index is 809. The molecule has 0 unspecified atom stereocenters. The van der Waals surface area contributed by atoms with E-state index in [1.165, 1.54) is 0 Å². The maximum absolute atomic E-state index is 14.1. The van der Waals surface area contributed by atoms with Crippen molar-refractivity contribution >= 4 is 15.7 Å². The summed E-state index contributed by atoms with van der Waals surface area (Å²) >= 11 is 0. The van der Waals surface area contributed by atoms with Crippen LogP contribution < -0.4 is 10.5 Å². The Hall–Kier alpha value is -2.06. The van der Waals surface area contributed by atoms with E-state index < -0.39 is 43.6 Å². The number of nitrogens with one attached hydrogen (secondary N) is 1. The van der Waals surface area contributed by atoms with E-state index >= 15 is 0 Å². The number of anilines is 1. The van der Waals surface area contributed by atoms with Gasteiger partial charge in [-0.2, -0.15) is 0 Å². The molecule has 0 fully saturated rings. The molecule has 4 nitrogen and oxygen atoms in total. The fraction of sp³-hybridized carbons (Fsp3) is 0.143. The van der Waals surface area contributed by atoms with Crippen LogP contribution in [0.1, 0.15) is 11.1 Å². The number of primary sulfonamides is 1. The summed E-state index contributed by atoms with van der Waals surface area (Å²) in [5.74, 6) is -4.47. The lowest BCUT2D eigenvalue weighted by atomic mass is 10.1. The van der Waals surface area contributed by atoms with Crippen LogP contribution in [0, 0.1) is 24.4 Å². The van der Waals surface area contributed by atoms with Gasteiger partial charge in [0.15, 0.2) is 17.5 Å². The third-order valence-electron chi connectivity index (χ3n) is 3.09. The van der Waals surface area contributed by atoms with Gasteiger partial charge < -0.3 is 5.32 Å². The van der Waals surface area contributed by atoms with Gasteiger partial charge in [-0.15, -0.1) is 0 Å². The number of rotatable bonds is 4. The van der Waals surface area contributed by atoms with Crippen molar-refractivity contribution in [3.63, 3.8) is 0 Å². The number of sulfonamides is 1. The molecule has 3 N–H and O–H groups in total. The molecule has 2 aromatic rings. The van der Waals surface area contributed by atoms with Crippen LogP contribution in [-0.2, 0) is 16.6 Å². The maximum Gasteiger partial charge on any atom is 0.243 e. The van der Waals surface area contributed by atoms with E-state index in [0.717, 1.165) is 6.92 Å². The van der Waals surface area contributed by atoms with E-state index in [2.05, 4.69) is 5.32 Å². The van der Waals surface area contributed by atoms with Crippen LogP contribution in [0.3, 0.4) is 0 Å². The summed E-state index contributed by atoms with van der Waals surface area (Å²) < 4.78 is 64.5. The Balaban J connectivity index is 2.54. The fourth-order valence-corrected chi connectivity index (χ4v) is 2.75. The second-order valence-electron chi connectivity index (χ2n) is 4.66. The molecule has 0 aromatic heterocycles. The molecule has 118 valence electrons. The molecule has 0 saturated carbocycles. The van der Waals surface area contributed by atoms with Gasteiger partial charge in [-0.05, 0) is 12.5 Å². The predicted molar refractivity (Wildman–Crippen MR) is 76.2 cm³/mol. The minimum atomic E-state index is -4.65. The average molecular weight is 330 g/mol. The fourth-order valence-electron chi connectivity index (χ4n) is 1.97. The molecule has 0 aliphatic heterocycles. The molecule has 2 rings (SSSR count). The quantitative estimate of drug-likeness (QED) is 0.847. The molecule has 0 atom stereocenters. The largest absolute Gasteiger partial charge is 0.377 e. The molecule has 0 radical (unpaired) electrons. The summed E-state index contributed by atoms with van der Waals surface area (Å²) in [6.45, 7) is 1.03. The number of hydrogen-bond donors (Lipinski definition) is 2. The van der Waals surface area contributed by atoms with Gasteiger partial charge in [-0.1, -0.05) is 30.3 Å². The van der Waals surface area contributed by atoms with Crippen LogP contribution in [0.2, 0.25) is 0 Å². The van der Waals surface area contributed by atoms with Gasteiger partial charge in [0.2, 0.25) is 10.0 Å². The SMILES string of the molecule is Cc1c(F)c(F)c(S(N)(=O)=O)c(NCc2ccccc2)c1F. The van der Waals surface area contributed by atoms with Crippen molar-refractivity contribution in [3.05, 3.63) is 58.9 Å². The van der Waals surface area contributed by atoms with Gasteiger partial charge in [0.05, 0.1) is 5.69 Å². The summed E-state index contributed by atoms with van der Waals surface area (Å²) in [5.41, 5.74) is -0.604. The standard InChI is InChI=1S/C14H13F3N2O2S/c1-8-10(15)12(17)14(22(18,20)21)13(11(8)16)19-7-9-5-3-2-4-6-9/h2-6,19H,7H2,1H3,(H2,18,20,21). The van der Waals surface area contributed by atoms with Gasteiger partial charge >= 0.3 is 0 Å². The maximum atomic E-state index is 14.1. The molecule has 2 aromatic carbocycles. The van der Waals surface area contributed by atoms with Crippen molar-refractivity contribution in [3.8, 4) is 0 Å². The molecule has 0 aliphatic rings. The third-order valence-corrected chi connectivity index (χ3v) is 4.05. The van der Waals surface area contributed by atoms with Gasteiger partial charge in [0, 0.05) is 12.1 Å². The molecule has 22 heavy (non-hydrogen) atoms. The second kappa shape index (κ2) is 5.98.